The second-order valence-electron chi connectivity index (χ2n) is 14.6. The molecular weight excluding hydrogens is 611 g/mol. The second kappa shape index (κ2) is 31.2. The van der Waals surface area contributed by atoms with Gasteiger partial charge in [0.15, 0.2) is 0 Å². The molecule has 3 atom stereocenters. The number of unbranched alkanes of at least 4 members (excludes halogenated alkanes) is 20. The third kappa shape index (κ3) is 33.5. The molecule has 0 spiro atoms. The van der Waals surface area contributed by atoms with E-state index in [-0.39, 0.29) is 19.1 Å². The lowest BCUT2D eigenvalue weighted by molar-refractivity contribution is -0.870. The molecule has 3 unspecified atom stereocenters. The molecule has 0 radical (unpaired) electrons. The van der Waals surface area contributed by atoms with E-state index in [1.54, 1.807) is 0 Å². The standard InChI is InChI=1S/C38H77N2O6P/c1-6-8-10-12-14-15-16-17-18-19-20-21-22-23-24-25-26-28-30-32-38(42)39-36(37(41)31-29-27-13-11-9-7-2)35-46-47(43,44)45-34-33-40(3,4)5/h17-18,36-37,41H,6-16,19-35H2,1-5H3,(H-,39,42,43,44)/b18-17-. The van der Waals surface area contributed by atoms with E-state index in [0.29, 0.717) is 23.9 Å². The molecule has 0 aromatic carbocycles. The van der Waals surface area contributed by atoms with Gasteiger partial charge in [-0.15, -0.1) is 0 Å². The average molecular weight is 689 g/mol. The van der Waals surface area contributed by atoms with Crippen molar-refractivity contribution in [3.05, 3.63) is 12.2 Å². The van der Waals surface area contributed by atoms with Gasteiger partial charge in [0.1, 0.15) is 13.2 Å². The summed E-state index contributed by atoms with van der Waals surface area (Å²) in [5.41, 5.74) is 0. The molecule has 280 valence electrons. The van der Waals surface area contributed by atoms with Crippen molar-refractivity contribution in [2.75, 3.05) is 40.9 Å². The van der Waals surface area contributed by atoms with Gasteiger partial charge in [-0.2, -0.15) is 0 Å². The summed E-state index contributed by atoms with van der Waals surface area (Å²) < 4.78 is 23.0. The normalized spacial score (nSPS) is 14.8. The molecule has 0 aliphatic carbocycles. The van der Waals surface area contributed by atoms with Crippen LogP contribution in [0.4, 0.5) is 0 Å². The zero-order valence-electron chi connectivity index (χ0n) is 31.5. The van der Waals surface area contributed by atoms with Gasteiger partial charge in [0.05, 0.1) is 39.9 Å². The third-order valence-electron chi connectivity index (χ3n) is 8.75. The third-order valence-corrected chi connectivity index (χ3v) is 9.72. The highest BCUT2D eigenvalue weighted by atomic mass is 31.2. The van der Waals surface area contributed by atoms with Gasteiger partial charge >= 0.3 is 0 Å². The average Bonchev–Trinajstić information content (AvgIpc) is 3.01. The molecular formula is C38H77N2O6P. The summed E-state index contributed by atoms with van der Waals surface area (Å²) >= 11 is 0. The van der Waals surface area contributed by atoms with Gasteiger partial charge in [-0.3, -0.25) is 9.36 Å². The SMILES string of the molecule is CCCCCCCC/C=C\CCCCCCCCCCCC(=O)NC(COP(=O)([O-])OCC[N+](C)(C)C)C(O)CCCCCCCC. The summed E-state index contributed by atoms with van der Waals surface area (Å²) in [6.07, 6.45) is 32.4. The van der Waals surface area contributed by atoms with Crippen LogP contribution >= 0.6 is 7.82 Å². The number of hydrogen-bond acceptors (Lipinski definition) is 6. The number of hydrogen-bond donors (Lipinski definition) is 2. The van der Waals surface area contributed by atoms with Crippen LogP contribution in [0.15, 0.2) is 12.2 Å². The van der Waals surface area contributed by atoms with Crippen molar-refractivity contribution in [1.29, 1.82) is 0 Å². The first-order valence-corrected chi connectivity index (χ1v) is 21.0. The van der Waals surface area contributed by atoms with Gasteiger partial charge < -0.3 is 28.8 Å². The predicted molar refractivity (Wildman–Crippen MR) is 196 cm³/mol. The number of allylic oxidation sites excluding steroid dienone is 2. The van der Waals surface area contributed by atoms with Gasteiger partial charge in [0.25, 0.3) is 7.82 Å². The first-order chi connectivity index (χ1) is 22.5. The van der Waals surface area contributed by atoms with Gasteiger partial charge in [0.2, 0.25) is 5.91 Å². The number of nitrogens with one attached hydrogen (secondary N) is 1. The van der Waals surface area contributed by atoms with Gasteiger partial charge in [0, 0.05) is 6.42 Å². The monoisotopic (exact) mass is 689 g/mol. The maximum atomic E-state index is 12.7. The molecule has 0 aromatic rings. The minimum Gasteiger partial charge on any atom is -0.756 e. The highest BCUT2D eigenvalue weighted by Gasteiger charge is 2.24. The summed E-state index contributed by atoms with van der Waals surface area (Å²) in [6.45, 7) is 4.63. The van der Waals surface area contributed by atoms with E-state index in [9.17, 15) is 19.4 Å². The Morgan fingerprint density at radius 2 is 1.17 bits per heavy atom. The van der Waals surface area contributed by atoms with Crippen LogP contribution in [0.5, 0.6) is 0 Å². The maximum absolute atomic E-state index is 12.7. The highest BCUT2D eigenvalue weighted by molar-refractivity contribution is 7.45. The molecule has 47 heavy (non-hydrogen) atoms. The minimum absolute atomic E-state index is 0.0125. The van der Waals surface area contributed by atoms with Crippen LogP contribution < -0.4 is 10.2 Å². The molecule has 0 aliphatic heterocycles. The van der Waals surface area contributed by atoms with E-state index in [2.05, 4.69) is 31.3 Å². The van der Waals surface area contributed by atoms with E-state index in [4.69, 9.17) is 9.05 Å². The number of quaternary nitrogens is 1. The number of amides is 1. The largest absolute Gasteiger partial charge is 0.756 e. The fraction of sp³-hybridized carbons (Fsp3) is 0.921. The Hall–Kier alpha value is -0.760. The first-order valence-electron chi connectivity index (χ1n) is 19.5. The Morgan fingerprint density at radius 3 is 1.66 bits per heavy atom. The summed E-state index contributed by atoms with van der Waals surface area (Å²) in [4.78, 5) is 25.1. The fourth-order valence-corrected chi connectivity index (χ4v) is 6.28. The van der Waals surface area contributed by atoms with E-state index in [1.807, 2.05) is 21.1 Å². The predicted octanol–water partition coefficient (Wildman–Crippen LogP) is 9.39. The number of phosphoric acid groups is 1. The van der Waals surface area contributed by atoms with Crippen LogP contribution in [0.3, 0.4) is 0 Å². The van der Waals surface area contributed by atoms with Crippen LogP contribution in [0.25, 0.3) is 0 Å². The number of nitrogens with zero attached hydrogens (tertiary/aromatic N) is 1. The fourth-order valence-electron chi connectivity index (χ4n) is 5.56. The van der Waals surface area contributed by atoms with Gasteiger partial charge in [-0.25, -0.2) is 0 Å². The number of aliphatic hydroxyl groups excluding tert-OH is 1. The van der Waals surface area contributed by atoms with E-state index < -0.39 is 20.0 Å². The summed E-state index contributed by atoms with van der Waals surface area (Å²) in [5.74, 6) is -0.173. The quantitative estimate of drug-likeness (QED) is 0.0297. The Bertz CT molecular complexity index is 789. The molecule has 0 heterocycles. The number of rotatable bonds is 35. The smallest absolute Gasteiger partial charge is 0.268 e. The molecule has 0 bridgehead atoms. The van der Waals surface area contributed by atoms with E-state index in [0.717, 1.165) is 38.5 Å². The van der Waals surface area contributed by atoms with E-state index >= 15 is 0 Å². The molecule has 9 heteroatoms. The molecule has 0 rings (SSSR count). The number of aliphatic hydroxyl groups is 1. The lowest BCUT2D eigenvalue weighted by Gasteiger charge is -2.30. The van der Waals surface area contributed by atoms with Crippen LogP contribution in [0.2, 0.25) is 0 Å². The zero-order chi connectivity index (χ0) is 35.1. The lowest BCUT2D eigenvalue weighted by Crippen LogP contribution is -2.46. The van der Waals surface area contributed by atoms with E-state index in [1.165, 1.54) is 109 Å². The number of carbonyl (C=O) groups excluding carboxylic acids is 1. The Balaban J connectivity index is 4.20. The van der Waals surface area contributed by atoms with Gasteiger partial charge in [-0.1, -0.05) is 142 Å². The first kappa shape index (κ1) is 46.2. The van der Waals surface area contributed by atoms with Crippen molar-refractivity contribution in [3.63, 3.8) is 0 Å². The summed E-state index contributed by atoms with van der Waals surface area (Å²) in [5, 5.41) is 13.7. The lowest BCUT2D eigenvalue weighted by atomic mass is 10.0. The zero-order valence-corrected chi connectivity index (χ0v) is 32.4. The molecule has 8 nitrogen and oxygen atoms in total. The number of phosphoric ester groups is 1. The van der Waals surface area contributed by atoms with Crippen LogP contribution in [0.1, 0.15) is 174 Å². The van der Waals surface area contributed by atoms with Crippen molar-refractivity contribution in [2.24, 2.45) is 0 Å². The molecule has 0 aromatic heterocycles. The highest BCUT2D eigenvalue weighted by Crippen LogP contribution is 2.38. The number of carbonyl (C=O) groups is 1. The topological polar surface area (TPSA) is 108 Å². The molecule has 0 saturated carbocycles. The van der Waals surface area contributed by atoms with Crippen molar-refractivity contribution in [1.82, 2.24) is 5.32 Å². The Kier molecular flexibility index (Phi) is 30.7. The number of likely N-dealkylation sites (N-methyl/N-ethyl adjacent to an activating group) is 1. The molecule has 0 aliphatic rings. The summed E-state index contributed by atoms with van der Waals surface area (Å²) in [7, 11) is 1.30. The van der Waals surface area contributed by atoms with Crippen molar-refractivity contribution in [2.45, 2.75) is 187 Å². The molecule has 2 N–H and O–H groups in total. The van der Waals surface area contributed by atoms with Crippen LogP contribution in [-0.4, -0.2) is 68.5 Å². The van der Waals surface area contributed by atoms with Crippen LogP contribution in [-0.2, 0) is 18.4 Å². The van der Waals surface area contributed by atoms with Crippen molar-refractivity contribution in [3.8, 4) is 0 Å². The molecule has 0 fully saturated rings. The minimum atomic E-state index is -4.54. The van der Waals surface area contributed by atoms with Crippen molar-refractivity contribution >= 4 is 13.7 Å². The summed E-state index contributed by atoms with van der Waals surface area (Å²) in [6, 6.07) is -0.793. The molecule has 0 saturated heterocycles. The molecule has 1 amide bonds. The van der Waals surface area contributed by atoms with Crippen molar-refractivity contribution < 1.29 is 32.9 Å². The maximum Gasteiger partial charge on any atom is 0.268 e. The van der Waals surface area contributed by atoms with Crippen LogP contribution in [0, 0.1) is 0 Å². The Labute approximate surface area is 291 Å². The van der Waals surface area contributed by atoms with Gasteiger partial charge in [-0.05, 0) is 38.5 Å². The second-order valence-corrected chi connectivity index (χ2v) is 16.0. The Morgan fingerprint density at radius 1 is 0.723 bits per heavy atom.